The van der Waals surface area contributed by atoms with Crippen LogP contribution in [0.15, 0.2) is 12.1 Å². The molecule has 5 nitrogen and oxygen atoms in total. The fraction of sp³-hybridized carbons (Fsp3) is 0.667. The number of ketones is 1. The maximum atomic E-state index is 12.9. The standard InChI is InChI=1S/C21H25NO4/c1-25-21-7-6-15(24)19-20(21)8-9-22(11-12-2-3-12)16(21)10-13-4-5-14(23)18(26-19)17(13)20/h4-5,12,16,19,23H,2-3,6-11H2,1H3/t16-,19?,20?,21-/m0/s1. The first-order chi connectivity index (χ1) is 12.6. The van der Waals surface area contributed by atoms with Gasteiger partial charge in [0.1, 0.15) is 0 Å². The molecule has 1 aromatic carbocycles. The first-order valence-electron chi connectivity index (χ1n) is 9.94. The highest BCUT2D eigenvalue weighted by Crippen LogP contribution is 2.65. The van der Waals surface area contributed by atoms with Crippen LogP contribution >= 0.6 is 0 Å². The van der Waals surface area contributed by atoms with Crippen LogP contribution in [0.4, 0.5) is 0 Å². The Morgan fingerprint density at radius 3 is 2.96 bits per heavy atom. The van der Waals surface area contributed by atoms with Gasteiger partial charge in [-0.25, -0.2) is 0 Å². The van der Waals surface area contributed by atoms with Crippen LogP contribution in [0.5, 0.6) is 11.5 Å². The van der Waals surface area contributed by atoms with Gasteiger partial charge >= 0.3 is 0 Å². The van der Waals surface area contributed by atoms with Crippen LogP contribution in [-0.2, 0) is 21.4 Å². The maximum Gasteiger partial charge on any atom is 0.174 e. The number of ether oxygens (including phenoxy) is 2. The molecule has 0 amide bonds. The Hall–Kier alpha value is -1.59. The Morgan fingerprint density at radius 2 is 2.19 bits per heavy atom. The minimum Gasteiger partial charge on any atom is -0.504 e. The highest BCUT2D eigenvalue weighted by Gasteiger charge is 2.74. The normalized spacial score (nSPS) is 40.3. The SMILES string of the molecule is CO[C@]12CCC(=O)C3Oc4c(O)ccc5c4C31CCN(CC1CC1)[C@H]2C5. The van der Waals surface area contributed by atoms with E-state index >= 15 is 0 Å². The zero-order valence-corrected chi connectivity index (χ0v) is 15.2. The van der Waals surface area contributed by atoms with Crippen molar-refractivity contribution in [2.45, 2.75) is 61.7 Å². The number of piperidine rings is 1. The molecule has 1 N–H and O–H groups in total. The van der Waals surface area contributed by atoms with Gasteiger partial charge in [-0.05, 0) is 56.2 Å². The molecule has 1 aromatic rings. The lowest BCUT2D eigenvalue weighted by Crippen LogP contribution is -2.77. The number of carbonyl (C=O) groups is 1. The van der Waals surface area contributed by atoms with Crippen LogP contribution < -0.4 is 4.74 Å². The van der Waals surface area contributed by atoms with Gasteiger partial charge in [-0.15, -0.1) is 0 Å². The molecule has 6 rings (SSSR count). The van der Waals surface area contributed by atoms with Crippen molar-refractivity contribution in [2.24, 2.45) is 5.92 Å². The summed E-state index contributed by atoms with van der Waals surface area (Å²) < 4.78 is 12.5. The zero-order valence-electron chi connectivity index (χ0n) is 15.2. The molecule has 2 unspecified atom stereocenters. The molecular weight excluding hydrogens is 330 g/mol. The van der Waals surface area contributed by atoms with E-state index in [-0.39, 0.29) is 17.6 Å². The Labute approximate surface area is 153 Å². The van der Waals surface area contributed by atoms with E-state index in [0.29, 0.717) is 12.2 Å². The number of hydrogen-bond acceptors (Lipinski definition) is 5. The van der Waals surface area contributed by atoms with Crippen LogP contribution in [-0.4, -0.2) is 53.7 Å². The van der Waals surface area contributed by atoms with Gasteiger partial charge in [0.2, 0.25) is 0 Å². The molecule has 2 aliphatic heterocycles. The molecule has 0 radical (unpaired) electrons. The van der Waals surface area contributed by atoms with Crippen molar-refractivity contribution in [1.82, 2.24) is 4.90 Å². The third kappa shape index (κ3) is 1.59. The topological polar surface area (TPSA) is 59.0 Å². The average Bonchev–Trinajstić information content (AvgIpc) is 3.38. The van der Waals surface area contributed by atoms with E-state index in [4.69, 9.17) is 9.47 Å². The van der Waals surface area contributed by atoms with Gasteiger partial charge in [-0.2, -0.15) is 0 Å². The number of hydrogen-bond donors (Lipinski definition) is 1. The van der Waals surface area contributed by atoms with Crippen LogP contribution in [0, 0.1) is 5.92 Å². The molecule has 5 heteroatoms. The number of methoxy groups -OCH3 is 1. The number of benzene rings is 1. The lowest BCUT2D eigenvalue weighted by atomic mass is 9.49. The quantitative estimate of drug-likeness (QED) is 0.901. The number of aromatic hydroxyl groups is 1. The van der Waals surface area contributed by atoms with Crippen molar-refractivity contribution < 1.29 is 19.4 Å². The Balaban J connectivity index is 1.60. The third-order valence-corrected chi connectivity index (χ3v) is 7.88. The molecule has 138 valence electrons. The van der Waals surface area contributed by atoms with E-state index < -0.39 is 17.1 Å². The fourth-order valence-electron chi connectivity index (χ4n) is 6.65. The van der Waals surface area contributed by atoms with E-state index in [9.17, 15) is 9.90 Å². The zero-order chi connectivity index (χ0) is 17.7. The summed E-state index contributed by atoms with van der Waals surface area (Å²) in [6.45, 7) is 2.12. The summed E-state index contributed by atoms with van der Waals surface area (Å²) in [7, 11) is 1.81. The van der Waals surface area contributed by atoms with E-state index in [2.05, 4.69) is 4.90 Å². The predicted molar refractivity (Wildman–Crippen MR) is 94.6 cm³/mol. The largest absolute Gasteiger partial charge is 0.504 e. The van der Waals surface area contributed by atoms with Gasteiger partial charge in [-0.3, -0.25) is 9.69 Å². The van der Waals surface area contributed by atoms with Crippen LogP contribution in [0.25, 0.3) is 0 Å². The summed E-state index contributed by atoms with van der Waals surface area (Å²) in [6, 6.07) is 4.05. The molecular formula is C21H25NO4. The first kappa shape index (κ1) is 15.5. The summed E-state index contributed by atoms with van der Waals surface area (Å²) in [5.41, 5.74) is 1.46. The van der Waals surface area contributed by atoms with Crippen molar-refractivity contribution in [3.63, 3.8) is 0 Å². The van der Waals surface area contributed by atoms with Crippen molar-refractivity contribution in [3.8, 4) is 11.5 Å². The predicted octanol–water partition coefficient (Wildman–Crippen LogP) is 2.18. The number of carbonyl (C=O) groups excluding carboxylic acids is 1. The monoisotopic (exact) mass is 355 g/mol. The molecule has 1 saturated heterocycles. The minimum atomic E-state index is -0.510. The average molecular weight is 355 g/mol. The number of phenols is 1. The fourth-order valence-corrected chi connectivity index (χ4v) is 6.65. The summed E-state index contributed by atoms with van der Waals surface area (Å²) in [6.07, 6.45) is 5.20. The Kier molecular flexibility index (Phi) is 2.86. The molecule has 2 bridgehead atoms. The van der Waals surface area contributed by atoms with Gasteiger partial charge in [0.15, 0.2) is 23.4 Å². The molecule has 2 saturated carbocycles. The van der Waals surface area contributed by atoms with Gasteiger partial charge in [-0.1, -0.05) is 6.07 Å². The molecule has 3 aliphatic carbocycles. The third-order valence-electron chi connectivity index (χ3n) is 7.88. The summed E-state index contributed by atoms with van der Waals surface area (Å²) in [5.74, 6) is 1.69. The summed E-state index contributed by atoms with van der Waals surface area (Å²) in [5, 5.41) is 10.4. The molecule has 4 atom stereocenters. The number of likely N-dealkylation sites (tertiary alicyclic amines) is 1. The lowest BCUT2D eigenvalue weighted by molar-refractivity contribution is -0.202. The molecule has 26 heavy (non-hydrogen) atoms. The summed E-state index contributed by atoms with van der Waals surface area (Å²) >= 11 is 0. The first-order valence-corrected chi connectivity index (χ1v) is 9.94. The van der Waals surface area contributed by atoms with Crippen molar-refractivity contribution in [3.05, 3.63) is 23.3 Å². The maximum absolute atomic E-state index is 12.9. The van der Waals surface area contributed by atoms with Crippen molar-refractivity contribution in [2.75, 3.05) is 20.2 Å². The molecule has 1 spiro atoms. The second kappa shape index (κ2) is 4.82. The number of nitrogens with zero attached hydrogens (tertiary/aromatic N) is 1. The molecule has 0 aromatic heterocycles. The number of Topliss-reactive ketones (excluding diaryl/α,β-unsaturated/α-hetero) is 1. The Bertz CT molecular complexity index is 818. The van der Waals surface area contributed by atoms with Crippen LogP contribution in [0.2, 0.25) is 0 Å². The second-order valence-corrected chi connectivity index (χ2v) is 8.89. The minimum absolute atomic E-state index is 0.157. The number of phenolic OH excluding ortho intramolecular Hbond substituents is 1. The second-order valence-electron chi connectivity index (χ2n) is 8.89. The van der Waals surface area contributed by atoms with Gasteiger partial charge in [0, 0.05) is 31.7 Å². The van der Waals surface area contributed by atoms with Gasteiger partial charge in [0.25, 0.3) is 0 Å². The van der Waals surface area contributed by atoms with Crippen LogP contribution in [0.1, 0.15) is 43.2 Å². The lowest BCUT2D eigenvalue weighted by Gasteiger charge is -2.64. The highest BCUT2D eigenvalue weighted by molar-refractivity contribution is 5.90. The van der Waals surface area contributed by atoms with Crippen molar-refractivity contribution in [1.29, 1.82) is 0 Å². The van der Waals surface area contributed by atoms with Gasteiger partial charge in [0.05, 0.1) is 11.0 Å². The van der Waals surface area contributed by atoms with Crippen molar-refractivity contribution >= 4 is 5.78 Å². The molecule has 3 fully saturated rings. The smallest absolute Gasteiger partial charge is 0.174 e. The summed E-state index contributed by atoms with van der Waals surface area (Å²) in [4.78, 5) is 15.5. The van der Waals surface area contributed by atoms with E-state index in [1.807, 2.05) is 13.2 Å². The molecule has 2 heterocycles. The van der Waals surface area contributed by atoms with E-state index in [1.54, 1.807) is 6.07 Å². The van der Waals surface area contributed by atoms with E-state index in [0.717, 1.165) is 43.8 Å². The van der Waals surface area contributed by atoms with Crippen LogP contribution in [0.3, 0.4) is 0 Å². The molecule has 5 aliphatic rings. The number of rotatable bonds is 3. The highest BCUT2D eigenvalue weighted by atomic mass is 16.5. The van der Waals surface area contributed by atoms with Gasteiger partial charge < -0.3 is 14.6 Å². The Morgan fingerprint density at radius 1 is 1.35 bits per heavy atom. The van der Waals surface area contributed by atoms with E-state index in [1.165, 1.54) is 18.4 Å².